The summed E-state index contributed by atoms with van der Waals surface area (Å²) in [7, 11) is 0. The van der Waals surface area contributed by atoms with Gasteiger partial charge in [-0.25, -0.2) is 4.98 Å². The molecule has 0 spiro atoms. The Kier molecular flexibility index (Phi) is 5.06. The molecule has 2 aliphatic heterocycles. The number of aromatic amines is 1. The van der Waals surface area contributed by atoms with E-state index in [4.69, 9.17) is 4.98 Å². The number of rotatable bonds is 4. The Morgan fingerprint density at radius 3 is 2.52 bits per heavy atom. The molecule has 3 aromatic rings. The Hall–Kier alpha value is -2.66. The van der Waals surface area contributed by atoms with Gasteiger partial charge in [0.05, 0.1) is 17.1 Å². The minimum Gasteiger partial charge on any atom is -0.342 e. The number of nitrogens with one attached hydrogen (secondary N) is 1. The zero-order valence-corrected chi connectivity index (χ0v) is 16.8. The van der Waals surface area contributed by atoms with E-state index in [0.717, 1.165) is 68.7 Å². The van der Waals surface area contributed by atoms with Crippen LogP contribution in [0.2, 0.25) is 0 Å². The maximum absolute atomic E-state index is 13.2. The third-order valence-electron chi connectivity index (χ3n) is 6.48. The molecule has 1 aromatic heterocycles. The molecule has 5 heteroatoms. The molecule has 1 N–H and O–H groups in total. The summed E-state index contributed by atoms with van der Waals surface area (Å²) in [5.41, 5.74) is 3.42. The van der Waals surface area contributed by atoms with Crippen molar-refractivity contribution in [3.63, 3.8) is 0 Å². The maximum atomic E-state index is 13.2. The van der Waals surface area contributed by atoms with Crippen molar-refractivity contribution in [1.82, 2.24) is 19.8 Å². The Labute approximate surface area is 171 Å². The van der Waals surface area contributed by atoms with Crippen molar-refractivity contribution in [3.05, 3.63) is 66.0 Å². The lowest BCUT2D eigenvalue weighted by atomic mass is 9.95. The van der Waals surface area contributed by atoms with E-state index in [2.05, 4.69) is 51.2 Å². The summed E-state index contributed by atoms with van der Waals surface area (Å²) in [4.78, 5) is 26.0. The van der Waals surface area contributed by atoms with Crippen molar-refractivity contribution in [2.24, 2.45) is 0 Å². The first-order valence-electron chi connectivity index (χ1n) is 10.8. The van der Waals surface area contributed by atoms with Crippen LogP contribution in [0, 0.1) is 0 Å². The molecule has 2 aliphatic rings. The van der Waals surface area contributed by atoms with Crippen LogP contribution in [-0.4, -0.2) is 51.4 Å². The zero-order chi connectivity index (χ0) is 19.6. The Bertz CT molecular complexity index is 942. The molecule has 3 heterocycles. The summed E-state index contributed by atoms with van der Waals surface area (Å²) < 4.78 is 0. The molecule has 2 saturated heterocycles. The number of hydrogen-bond donors (Lipinski definition) is 1. The second kappa shape index (κ2) is 7.99. The van der Waals surface area contributed by atoms with E-state index in [0.29, 0.717) is 11.8 Å². The average Bonchev–Trinajstić information content (AvgIpc) is 3.41. The quantitative estimate of drug-likeness (QED) is 0.737. The first-order valence-corrected chi connectivity index (χ1v) is 10.8. The van der Waals surface area contributed by atoms with Crippen molar-refractivity contribution in [2.45, 2.75) is 44.2 Å². The van der Waals surface area contributed by atoms with E-state index in [-0.39, 0.29) is 6.04 Å². The molecular formula is C24H28N4O. The van der Waals surface area contributed by atoms with Gasteiger partial charge in [0, 0.05) is 25.6 Å². The highest BCUT2D eigenvalue weighted by Crippen LogP contribution is 2.29. The minimum absolute atomic E-state index is 0.0398. The molecule has 0 bridgehead atoms. The summed E-state index contributed by atoms with van der Waals surface area (Å²) in [6.45, 7) is 3.54. The molecular weight excluding hydrogens is 360 g/mol. The van der Waals surface area contributed by atoms with Gasteiger partial charge in [-0.3, -0.25) is 9.69 Å². The first-order chi connectivity index (χ1) is 14.3. The second-order valence-corrected chi connectivity index (χ2v) is 8.35. The lowest BCUT2D eigenvalue weighted by molar-refractivity contribution is -0.137. The first kappa shape index (κ1) is 18.4. The Morgan fingerprint density at radius 1 is 0.966 bits per heavy atom. The molecule has 150 valence electrons. The summed E-state index contributed by atoms with van der Waals surface area (Å²) in [6, 6.07) is 18.7. The normalized spacial score (nSPS) is 21.1. The fraction of sp³-hybridized carbons (Fsp3) is 0.417. The SMILES string of the molecule is O=C(C1CCCN1Cc1ccccc1)N1CCC(c2nc3ccccc3[nH]2)CC1. The molecule has 5 rings (SSSR count). The van der Waals surface area contributed by atoms with Crippen LogP contribution in [-0.2, 0) is 11.3 Å². The number of hydrogen-bond acceptors (Lipinski definition) is 3. The molecule has 1 atom stereocenters. The van der Waals surface area contributed by atoms with E-state index in [1.165, 1.54) is 5.56 Å². The Morgan fingerprint density at radius 2 is 1.72 bits per heavy atom. The van der Waals surface area contributed by atoms with Crippen LogP contribution in [0.25, 0.3) is 11.0 Å². The number of para-hydroxylation sites is 2. The number of imidazole rings is 1. The fourth-order valence-corrected chi connectivity index (χ4v) is 4.86. The third kappa shape index (κ3) is 3.79. The van der Waals surface area contributed by atoms with Crippen LogP contribution < -0.4 is 0 Å². The van der Waals surface area contributed by atoms with Crippen LogP contribution in [0.15, 0.2) is 54.6 Å². The van der Waals surface area contributed by atoms with Crippen molar-refractivity contribution in [3.8, 4) is 0 Å². The van der Waals surface area contributed by atoms with E-state index >= 15 is 0 Å². The van der Waals surface area contributed by atoms with E-state index in [1.807, 2.05) is 18.2 Å². The number of amides is 1. The number of H-pyrrole nitrogens is 1. The van der Waals surface area contributed by atoms with Crippen LogP contribution in [0.5, 0.6) is 0 Å². The number of fused-ring (bicyclic) bond motifs is 1. The van der Waals surface area contributed by atoms with Gasteiger partial charge in [0.1, 0.15) is 5.82 Å². The molecule has 5 nitrogen and oxygen atoms in total. The van der Waals surface area contributed by atoms with Gasteiger partial charge < -0.3 is 9.88 Å². The summed E-state index contributed by atoms with van der Waals surface area (Å²) in [5.74, 6) is 1.81. The van der Waals surface area contributed by atoms with Gasteiger partial charge in [-0.1, -0.05) is 42.5 Å². The lowest BCUT2D eigenvalue weighted by Crippen LogP contribution is -2.48. The summed E-state index contributed by atoms with van der Waals surface area (Å²) >= 11 is 0. The van der Waals surface area contributed by atoms with Crippen molar-refractivity contribution in [1.29, 1.82) is 0 Å². The van der Waals surface area contributed by atoms with Gasteiger partial charge in [0.25, 0.3) is 0 Å². The third-order valence-corrected chi connectivity index (χ3v) is 6.48. The number of nitrogens with zero attached hydrogens (tertiary/aromatic N) is 3. The molecule has 0 saturated carbocycles. The standard InChI is InChI=1S/C24H28N4O/c29-24(22-11-6-14-28(22)17-18-7-2-1-3-8-18)27-15-12-19(13-16-27)23-25-20-9-4-5-10-21(20)26-23/h1-5,7-10,19,22H,6,11-17H2,(H,25,26). The molecule has 1 amide bonds. The van der Waals surface area contributed by atoms with Gasteiger partial charge in [0.2, 0.25) is 5.91 Å². The highest BCUT2D eigenvalue weighted by molar-refractivity contribution is 5.82. The van der Waals surface area contributed by atoms with Crippen LogP contribution in [0.3, 0.4) is 0 Å². The molecule has 29 heavy (non-hydrogen) atoms. The van der Waals surface area contributed by atoms with Crippen LogP contribution >= 0.6 is 0 Å². The summed E-state index contributed by atoms with van der Waals surface area (Å²) in [6.07, 6.45) is 4.06. The molecule has 2 aromatic carbocycles. The van der Waals surface area contributed by atoms with E-state index in [9.17, 15) is 4.79 Å². The number of likely N-dealkylation sites (tertiary alicyclic amines) is 2. The number of aromatic nitrogens is 2. The number of benzene rings is 2. The van der Waals surface area contributed by atoms with Crippen LogP contribution in [0.4, 0.5) is 0 Å². The largest absolute Gasteiger partial charge is 0.342 e. The monoisotopic (exact) mass is 388 g/mol. The topological polar surface area (TPSA) is 52.2 Å². The van der Waals surface area contributed by atoms with Crippen molar-refractivity contribution in [2.75, 3.05) is 19.6 Å². The van der Waals surface area contributed by atoms with Gasteiger partial charge in [-0.15, -0.1) is 0 Å². The maximum Gasteiger partial charge on any atom is 0.239 e. The fourth-order valence-electron chi connectivity index (χ4n) is 4.86. The van der Waals surface area contributed by atoms with E-state index in [1.54, 1.807) is 0 Å². The predicted octanol–water partition coefficient (Wildman–Crippen LogP) is 3.93. The molecule has 1 unspecified atom stereocenters. The van der Waals surface area contributed by atoms with Gasteiger partial charge in [-0.2, -0.15) is 0 Å². The zero-order valence-electron chi connectivity index (χ0n) is 16.8. The molecule has 0 radical (unpaired) electrons. The number of carbonyl (C=O) groups is 1. The number of carbonyl (C=O) groups excluding carboxylic acids is 1. The lowest BCUT2D eigenvalue weighted by Gasteiger charge is -2.35. The van der Waals surface area contributed by atoms with Crippen molar-refractivity contribution >= 4 is 16.9 Å². The highest BCUT2D eigenvalue weighted by atomic mass is 16.2. The van der Waals surface area contributed by atoms with Gasteiger partial charge in [0.15, 0.2) is 0 Å². The highest BCUT2D eigenvalue weighted by Gasteiger charge is 2.35. The van der Waals surface area contributed by atoms with E-state index < -0.39 is 0 Å². The average molecular weight is 389 g/mol. The van der Waals surface area contributed by atoms with Gasteiger partial charge in [-0.05, 0) is 49.9 Å². The second-order valence-electron chi connectivity index (χ2n) is 8.35. The Balaban J connectivity index is 1.21. The molecule has 2 fully saturated rings. The van der Waals surface area contributed by atoms with Crippen molar-refractivity contribution < 1.29 is 4.79 Å². The van der Waals surface area contributed by atoms with Gasteiger partial charge >= 0.3 is 0 Å². The summed E-state index contributed by atoms with van der Waals surface area (Å²) in [5, 5.41) is 0. The number of piperidine rings is 1. The predicted molar refractivity (Wildman–Crippen MR) is 115 cm³/mol. The van der Waals surface area contributed by atoms with Crippen LogP contribution in [0.1, 0.15) is 43.0 Å². The smallest absolute Gasteiger partial charge is 0.239 e. The molecule has 0 aliphatic carbocycles. The minimum atomic E-state index is 0.0398.